The Bertz CT molecular complexity index is 687. The second-order valence-electron chi connectivity index (χ2n) is 7.22. The molecule has 0 saturated carbocycles. The molecule has 1 aromatic carbocycles. The highest BCUT2D eigenvalue weighted by Crippen LogP contribution is 2.30. The van der Waals surface area contributed by atoms with Gasteiger partial charge in [0.1, 0.15) is 0 Å². The van der Waals surface area contributed by atoms with Crippen molar-refractivity contribution < 1.29 is 0 Å². The lowest BCUT2D eigenvalue weighted by molar-refractivity contribution is 0.217. The molecular formula is C21H27N3. The van der Waals surface area contributed by atoms with Crippen molar-refractivity contribution in [1.29, 1.82) is 0 Å². The van der Waals surface area contributed by atoms with Gasteiger partial charge < -0.3 is 9.80 Å². The van der Waals surface area contributed by atoms with Crippen molar-refractivity contribution in [2.24, 2.45) is 0 Å². The van der Waals surface area contributed by atoms with Crippen molar-refractivity contribution in [3.8, 4) is 11.1 Å². The van der Waals surface area contributed by atoms with E-state index in [9.17, 15) is 0 Å². The Kier molecular flexibility index (Phi) is 4.52. The van der Waals surface area contributed by atoms with E-state index in [0.29, 0.717) is 6.04 Å². The maximum atomic E-state index is 4.58. The average Bonchev–Trinajstić information content (AvgIpc) is 2.54. The van der Waals surface area contributed by atoms with Gasteiger partial charge in [-0.15, -0.1) is 0 Å². The van der Waals surface area contributed by atoms with Gasteiger partial charge in [0.05, 0.1) is 11.9 Å². The molecule has 1 aromatic heterocycles. The Morgan fingerprint density at radius 1 is 0.958 bits per heavy atom. The van der Waals surface area contributed by atoms with Crippen LogP contribution in [0.25, 0.3) is 11.1 Å². The third kappa shape index (κ3) is 3.18. The lowest BCUT2D eigenvalue weighted by Gasteiger charge is -2.41. The van der Waals surface area contributed by atoms with Crippen LogP contribution in [0.3, 0.4) is 0 Å². The maximum absolute atomic E-state index is 4.58. The Labute approximate surface area is 145 Å². The maximum Gasteiger partial charge on any atom is 0.0561 e. The fourth-order valence-corrected chi connectivity index (χ4v) is 4.29. The van der Waals surface area contributed by atoms with E-state index in [0.717, 1.165) is 6.54 Å². The first-order valence-corrected chi connectivity index (χ1v) is 9.31. The summed E-state index contributed by atoms with van der Waals surface area (Å²) in [5.41, 5.74) is 5.14. The number of hydrogen-bond acceptors (Lipinski definition) is 3. The zero-order valence-electron chi connectivity index (χ0n) is 14.6. The van der Waals surface area contributed by atoms with Crippen molar-refractivity contribution in [1.82, 2.24) is 9.88 Å². The second-order valence-corrected chi connectivity index (χ2v) is 7.22. The summed E-state index contributed by atoms with van der Waals surface area (Å²) in [7, 11) is 0. The van der Waals surface area contributed by atoms with Crippen LogP contribution < -0.4 is 4.90 Å². The van der Waals surface area contributed by atoms with Crippen LogP contribution in [0.5, 0.6) is 0 Å². The number of aryl methyl sites for hydroxylation is 1. The SMILES string of the molecule is Cc1ccccc1-c1cncc(N2CCN3CCCC2CCC3)c1. The molecule has 0 amide bonds. The van der Waals surface area contributed by atoms with Crippen LogP contribution in [0.2, 0.25) is 0 Å². The van der Waals surface area contributed by atoms with E-state index in [1.807, 2.05) is 6.20 Å². The molecule has 0 spiro atoms. The summed E-state index contributed by atoms with van der Waals surface area (Å²) in [5.74, 6) is 0. The summed E-state index contributed by atoms with van der Waals surface area (Å²) in [4.78, 5) is 9.85. The summed E-state index contributed by atoms with van der Waals surface area (Å²) in [6.45, 7) is 7.06. The topological polar surface area (TPSA) is 19.4 Å². The van der Waals surface area contributed by atoms with Gasteiger partial charge in [0, 0.05) is 30.9 Å². The average molecular weight is 321 g/mol. The van der Waals surface area contributed by atoms with Crippen molar-refractivity contribution >= 4 is 5.69 Å². The molecule has 3 saturated heterocycles. The molecule has 0 N–H and O–H groups in total. The summed E-state index contributed by atoms with van der Waals surface area (Å²) >= 11 is 0. The van der Waals surface area contributed by atoms with E-state index in [2.05, 4.69) is 58.2 Å². The smallest absolute Gasteiger partial charge is 0.0561 e. The highest BCUT2D eigenvalue weighted by Gasteiger charge is 2.25. The third-order valence-electron chi connectivity index (χ3n) is 5.63. The van der Waals surface area contributed by atoms with Gasteiger partial charge >= 0.3 is 0 Å². The largest absolute Gasteiger partial charge is 0.366 e. The van der Waals surface area contributed by atoms with Gasteiger partial charge in [0.15, 0.2) is 0 Å². The molecule has 3 aliphatic rings. The van der Waals surface area contributed by atoms with Gasteiger partial charge in [-0.2, -0.15) is 0 Å². The molecule has 3 heteroatoms. The molecular weight excluding hydrogens is 294 g/mol. The molecule has 5 rings (SSSR count). The van der Waals surface area contributed by atoms with Crippen LogP contribution in [-0.2, 0) is 0 Å². The quantitative estimate of drug-likeness (QED) is 0.829. The minimum absolute atomic E-state index is 0.682. The van der Waals surface area contributed by atoms with Gasteiger partial charge in [-0.25, -0.2) is 0 Å². The van der Waals surface area contributed by atoms with E-state index in [4.69, 9.17) is 0 Å². The molecule has 3 fully saturated rings. The van der Waals surface area contributed by atoms with Crippen LogP contribution >= 0.6 is 0 Å². The zero-order chi connectivity index (χ0) is 16.4. The van der Waals surface area contributed by atoms with E-state index < -0.39 is 0 Å². The Morgan fingerprint density at radius 2 is 1.75 bits per heavy atom. The van der Waals surface area contributed by atoms with Gasteiger partial charge in [-0.1, -0.05) is 24.3 Å². The number of benzene rings is 1. The second kappa shape index (κ2) is 6.94. The van der Waals surface area contributed by atoms with E-state index in [1.165, 1.54) is 67.7 Å². The summed E-state index contributed by atoms with van der Waals surface area (Å²) in [6.07, 6.45) is 9.33. The van der Waals surface area contributed by atoms with Crippen LogP contribution in [0.4, 0.5) is 5.69 Å². The third-order valence-corrected chi connectivity index (χ3v) is 5.63. The van der Waals surface area contributed by atoms with Crippen LogP contribution in [0, 0.1) is 6.92 Å². The van der Waals surface area contributed by atoms with Gasteiger partial charge in [0.2, 0.25) is 0 Å². The Balaban J connectivity index is 1.66. The number of hydrogen-bond donors (Lipinski definition) is 0. The van der Waals surface area contributed by atoms with Crippen molar-refractivity contribution in [2.75, 3.05) is 31.1 Å². The highest BCUT2D eigenvalue weighted by atomic mass is 15.2. The number of pyridine rings is 1. The summed E-state index contributed by atoms with van der Waals surface area (Å²) in [6, 6.07) is 11.6. The van der Waals surface area contributed by atoms with Crippen molar-refractivity contribution in [3.05, 3.63) is 48.3 Å². The normalized spacial score (nSPS) is 24.3. The molecule has 0 atom stereocenters. The zero-order valence-corrected chi connectivity index (χ0v) is 14.6. The molecule has 24 heavy (non-hydrogen) atoms. The summed E-state index contributed by atoms with van der Waals surface area (Å²) < 4.78 is 0. The molecule has 4 heterocycles. The number of aromatic nitrogens is 1. The number of rotatable bonds is 2. The fourth-order valence-electron chi connectivity index (χ4n) is 4.29. The first-order chi connectivity index (χ1) is 11.8. The van der Waals surface area contributed by atoms with E-state index in [-0.39, 0.29) is 0 Å². The predicted octanol–water partition coefficient (Wildman–Crippen LogP) is 4.12. The fraction of sp³-hybridized carbons (Fsp3) is 0.476. The van der Waals surface area contributed by atoms with Crippen LogP contribution in [-0.4, -0.2) is 42.1 Å². The van der Waals surface area contributed by atoms with Gasteiger partial charge in [-0.3, -0.25) is 4.98 Å². The molecule has 3 aliphatic heterocycles. The standard InChI is InChI=1S/C21H27N3/c1-17-6-2-3-9-21(17)18-14-20(16-22-15-18)24-13-12-23-10-4-7-19(24)8-5-11-23/h2-3,6,9,14-16,19H,4-5,7-8,10-13H2,1H3. The molecule has 3 nitrogen and oxygen atoms in total. The molecule has 2 aromatic rings. The monoisotopic (exact) mass is 321 g/mol. The molecule has 0 radical (unpaired) electrons. The molecule has 0 unspecified atom stereocenters. The van der Waals surface area contributed by atoms with E-state index >= 15 is 0 Å². The van der Waals surface area contributed by atoms with Gasteiger partial charge in [-0.05, 0) is 62.9 Å². The minimum Gasteiger partial charge on any atom is -0.366 e. The van der Waals surface area contributed by atoms with Crippen molar-refractivity contribution in [2.45, 2.75) is 38.6 Å². The molecule has 2 bridgehead atoms. The lowest BCUT2D eigenvalue weighted by atomic mass is 9.97. The summed E-state index contributed by atoms with van der Waals surface area (Å²) in [5, 5.41) is 0. The Hall–Kier alpha value is -1.87. The number of nitrogens with zero attached hydrogens (tertiary/aromatic N) is 3. The minimum atomic E-state index is 0.682. The van der Waals surface area contributed by atoms with E-state index in [1.54, 1.807) is 0 Å². The van der Waals surface area contributed by atoms with Crippen LogP contribution in [0.1, 0.15) is 31.2 Å². The van der Waals surface area contributed by atoms with Crippen molar-refractivity contribution in [3.63, 3.8) is 0 Å². The Morgan fingerprint density at radius 3 is 2.54 bits per heavy atom. The number of fused-ring (bicyclic) bond motifs is 6. The number of anilines is 1. The first kappa shape index (κ1) is 15.6. The molecule has 0 aliphatic carbocycles. The highest BCUT2D eigenvalue weighted by molar-refractivity contribution is 5.70. The molecule has 126 valence electrons. The lowest BCUT2D eigenvalue weighted by Crippen LogP contribution is -2.47. The first-order valence-electron chi connectivity index (χ1n) is 9.31. The van der Waals surface area contributed by atoms with Crippen LogP contribution in [0.15, 0.2) is 42.7 Å². The predicted molar refractivity (Wildman–Crippen MR) is 100 cm³/mol. The van der Waals surface area contributed by atoms with Gasteiger partial charge in [0.25, 0.3) is 0 Å².